The highest BCUT2D eigenvalue weighted by molar-refractivity contribution is 6.02. The summed E-state index contributed by atoms with van der Waals surface area (Å²) in [6, 6.07) is 14.2. The van der Waals surface area contributed by atoms with Crippen LogP contribution in [0.3, 0.4) is 0 Å². The fourth-order valence-corrected chi connectivity index (χ4v) is 2.17. The van der Waals surface area contributed by atoms with Crippen LogP contribution in [0, 0.1) is 5.41 Å². The number of hydrogen-bond donors (Lipinski definition) is 1. The molecule has 0 bridgehead atoms. The summed E-state index contributed by atoms with van der Waals surface area (Å²) >= 11 is 0. The minimum atomic E-state index is -1.41. The van der Waals surface area contributed by atoms with Gasteiger partial charge in [-0.2, -0.15) is 0 Å². The summed E-state index contributed by atoms with van der Waals surface area (Å²) in [4.78, 5) is 24.1. The van der Waals surface area contributed by atoms with E-state index in [9.17, 15) is 14.7 Å². The van der Waals surface area contributed by atoms with Gasteiger partial charge in [0.1, 0.15) is 11.4 Å². The minimum absolute atomic E-state index is 0.293. The maximum Gasteiger partial charge on any atom is 0.316 e. The highest BCUT2D eigenvalue weighted by Gasteiger charge is 2.25. The number of Topliss-reactive ketones (excluding diaryl/α,β-unsaturated/α-hetero) is 1. The molecular weight excluding hydrogens is 316 g/mol. The quantitative estimate of drug-likeness (QED) is 0.513. The number of carbonyl (C=O) groups is 2. The van der Waals surface area contributed by atoms with Crippen LogP contribution in [0.5, 0.6) is 5.75 Å². The first kappa shape index (κ1) is 18.9. The molecule has 132 valence electrons. The van der Waals surface area contributed by atoms with Gasteiger partial charge in [0.05, 0.1) is 5.41 Å². The van der Waals surface area contributed by atoms with E-state index in [-0.39, 0.29) is 11.8 Å². The zero-order chi connectivity index (χ0) is 18.8. The van der Waals surface area contributed by atoms with Crippen LogP contribution in [0.15, 0.2) is 48.5 Å². The molecular formula is C21H24O4. The van der Waals surface area contributed by atoms with Gasteiger partial charge in [-0.3, -0.25) is 9.59 Å². The molecule has 2 aromatic carbocycles. The van der Waals surface area contributed by atoms with Crippen LogP contribution in [0.4, 0.5) is 0 Å². The van der Waals surface area contributed by atoms with Crippen LogP contribution in [0.1, 0.15) is 45.0 Å². The topological polar surface area (TPSA) is 63.6 Å². The van der Waals surface area contributed by atoms with Gasteiger partial charge in [0.2, 0.25) is 0 Å². The van der Waals surface area contributed by atoms with E-state index in [0.717, 1.165) is 11.1 Å². The lowest BCUT2D eigenvalue weighted by Gasteiger charge is -2.17. The Kier molecular flexibility index (Phi) is 5.14. The van der Waals surface area contributed by atoms with Crippen molar-refractivity contribution < 1.29 is 19.4 Å². The van der Waals surface area contributed by atoms with Crippen LogP contribution in [0.25, 0.3) is 11.1 Å². The Morgan fingerprint density at radius 1 is 0.880 bits per heavy atom. The van der Waals surface area contributed by atoms with Crippen molar-refractivity contribution in [3.05, 3.63) is 54.1 Å². The Morgan fingerprint density at radius 3 is 2.00 bits per heavy atom. The number of rotatable bonds is 4. The molecule has 25 heavy (non-hydrogen) atoms. The largest absolute Gasteiger partial charge is 0.426 e. The van der Waals surface area contributed by atoms with Crippen LogP contribution in [-0.4, -0.2) is 22.5 Å². The molecule has 1 N–H and O–H groups in total. The predicted octanol–water partition coefficient (Wildman–Crippen LogP) is 4.26. The molecule has 0 unspecified atom stereocenters. The first-order valence-electron chi connectivity index (χ1n) is 8.18. The normalized spacial score (nSPS) is 11.9. The average molecular weight is 340 g/mol. The van der Waals surface area contributed by atoms with E-state index in [1.807, 2.05) is 18.2 Å². The number of aliphatic hydroxyl groups is 1. The zero-order valence-electron chi connectivity index (χ0n) is 15.3. The SMILES string of the molecule is CC(C)(C)C(=O)Oc1ccc(-c2cccc(C(=O)C(C)(C)O)c2)cc1. The third-order valence-corrected chi connectivity index (χ3v) is 3.69. The fraction of sp³-hybridized carbons (Fsp3) is 0.333. The number of ether oxygens (including phenoxy) is 1. The molecule has 0 saturated heterocycles. The van der Waals surface area contributed by atoms with Crippen LogP contribution < -0.4 is 4.74 Å². The van der Waals surface area contributed by atoms with E-state index in [1.54, 1.807) is 51.1 Å². The van der Waals surface area contributed by atoms with E-state index in [2.05, 4.69) is 0 Å². The van der Waals surface area contributed by atoms with E-state index in [0.29, 0.717) is 11.3 Å². The maximum absolute atomic E-state index is 12.2. The smallest absolute Gasteiger partial charge is 0.316 e. The summed E-state index contributed by atoms with van der Waals surface area (Å²) in [6.07, 6.45) is 0. The van der Waals surface area contributed by atoms with Gasteiger partial charge in [0.15, 0.2) is 5.78 Å². The van der Waals surface area contributed by atoms with E-state index < -0.39 is 11.0 Å². The standard InChI is InChI=1S/C21H24O4/c1-20(2,3)19(23)25-17-11-9-14(10-12-17)15-7-6-8-16(13-15)18(22)21(4,5)24/h6-13,24H,1-5H3. The van der Waals surface area contributed by atoms with Gasteiger partial charge in [0, 0.05) is 5.56 Å². The van der Waals surface area contributed by atoms with Crippen molar-refractivity contribution in [1.29, 1.82) is 0 Å². The van der Waals surface area contributed by atoms with Gasteiger partial charge in [-0.1, -0.05) is 30.3 Å². The van der Waals surface area contributed by atoms with Crippen LogP contribution >= 0.6 is 0 Å². The predicted molar refractivity (Wildman–Crippen MR) is 97.6 cm³/mol. The van der Waals surface area contributed by atoms with Crippen molar-refractivity contribution >= 4 is 11.8 Å². The van der Waals surface area contributed by atoms with Crippen LogP contribution in [0.2, 0.25) is 0 Å². The van der Waals surface area contributed by atoms with E-state index in [1.165, 1.54) is 13.8 Å². The van der Waals surface area contributed by atoms with Crippen molar-refractivity contribution in [2.24, 2.45) is 5.41 Å². The summed E-state index contributed by atoms with van der Waals surface area (Å²) in [5.41, 5.74) is 0.215. The van der Waals surface area contributed by atoms with Gasteiger partial charge in [-0.15, -0.1) is 0 Å². The molecule has 0 fully saturated rings. The second-order valence-electron chi connectivity index (χ2n) is 7.63. The molecule has 0 aromatic heterocycles. The summed E-state index contributed by atoms with van der Waals surface area (Å²) in [6.45, 7) is 8.35. The minimum Gasteiger partial charge on any atom is -0.426 e. The summed E-state index contributed by atoms with van der Waals surface area (Å²) in [5, 5.41) is 9.89. The number of esters is 1. The second kappa shape index (κ2) is 6.81. The molecule has 2 aromatic rings. The molecule has 0 heterocycles. The van der Waals surface area contributed by atoms with Gasteiger partial charge in [0.25, 0.3) is 0 Å². The first-order chi connectivity index (χ1) is 11.5. The molecule has 0 amide bonds. The Morgan fingerprint density at radius 2 is 1.48 bits per heavy atom. The molecule has 0 spiro atoms. The van der Waals surface area contributed by atoms with E-state index >= 15 is 0 Å². The third-order valence-electron chi connectivity index (χ3n) is 3.69. The van der Waals surface area contributed by atoms with Crippen LogP contribution in [-0.2, 0) is 4.79 Å². The van der Waals surface area contributed by atoms with Crippen molar-refractivity contribution in [2.75, 3.05) is 0 Å². The molecule has 0 atom stereocenters. The number of benzene rings is 2. The molecule has 0 aliphatic carbocycles. The van der Waals surface area contributed by atoms with Gasteiger partial charge in [-0.25, -0.2) is 0 Å². The maximum atomic E-state index is 12.2. The third kappa shape index (κ3) is 4.77. The zero-order valence-corrected chi connectivity index (χ0v) is 15.3. The van der Waals surface area contributed by atoms with Gasteiger partial charge >= 0.3 is 5.97 Å². The molecule has 0 saturated carbocycles. The number of carbonyl (C=O) groups excluding carboxylic acids is 2. The number of hydrogen-bond acceptors (Lipinski definition) is 4. The Balaban J connectivity index is 2.23. The first-order valence-corrected chi connectivity index (χ1v) is 8.18. The average Bonchev–Trinajstić information content (AvgIpc) is 2.53. The van der Waals surface area contributed by atoms with Crippen molar-refractivity contribution in [1.82, 2.24) is 0 Å². The van der Waals surface area contributed by atoms with E-state index in [4.69, 9.17) is 4.74 Å². The lowest BCUT2D eigenvalue weighted by Crippen LogP contribution is -2.31. The summed E-state index contributed by atoms with van der Waals surface area (Å²) < 4.78 is 5.35. The fourth-order valence-electron chi connectivity index (χ4n) is 2.17. The van der Waals surface area contributed by atoms with Crippen molar-refractivity contribution in [3.63, 3.8) is 0 Å². The second-order valence-corrected chi connectivity index (χ2v) is 7.63. The van der Waals surface area contributed by atoms with Crippen molar-refractivity contribution in [3.8, 4) is 16.9 Å². The molecule has 4 heteroatoms. The lowest BCUT2D eigenvalue weighted by atomic mass is 9.94. The number of ketones is 1. The molecule has 0 aliphatic heterocycles. The molecule has 2 rings (SSSR count). The van der Waals surface area contributed by atoms with Crippen molar-refractivity contribution in [2.45, 2.75) is 40.2 Å². The Bertz CT molecular complexity index is 775. The Labute approximate surface area is 148 Å². The highest BCUT2D eigenvalue weighted by Crippen LogP contribution is 2.26. The van der Waals surface area contributed by atoms with Gasteiger partial charge in [-0.05, 0) is 63.9 Å². The lowest BCUT2D eigenvalue weighted by molar-refractivity contribution is -0.142. The Hall–Kier alpha value is -2.46. The molecule has 4 nitrogen and oxygen atoms in total. The molecule has 0 aliphatic rings. The summed E-state index contributed by atoms with van der Waals surface area (Å²) in [5.74, 6) is -0.143. The summed E-state index contributed by atoms with van der Waals surface area (Å²) in [7, 11) is 0. The highest BCUT2D eigenvalue weighted by atomic mass is 16.5. The monoisotopic (exact) mass is 340 g/mol. The van der Waals surface area contributed by atoms with Gasteiger partial charge < -0.3 is 9.84 Å². The molecule has 0 radical (unpaired) electrons.